The zero-order valence-corrected chi connectivity index (χ0v) is 13.8. The molecule has 0 aromatic heterocycles. The largest absolute Gasteiger partial charge is 0.494 e. The van der Waals surface area contributed by atoms with E-state index in [9.17, 15) is 9.59 Å². The number of amides is 1. The van der Waals surface area contributed by atoms with Gasteiger partial charge in [0.1, 0.15) is 5.75 Å². The summed E-state index contributed by atoms with van der Waals surface area (Å²) in [6.45, 7) is 2.97. The van der Waals surface area contributed by atoms with E-state index in [4.69, 9.17) is 10.5 Å². The molecular weight excluding hydrogens is 292 g/mol. The fraction of sp³-hybridized carbons (Fsp3) is 0.556. The highest BCUT2D eigenvalue weighted by Gasteiger charge is 2.33. The first-order valence-electron chi connectivity index (χ1n) is 8.36. The SMILES string of the molecule is CCOc1ccc(C(=O)CCC(=O)NC2(CN)CCCC2)cc1. The Morgan fingerprint density at radius 2 is 1.83 bits per heavy atom. The van der Waals surface area contributed by atoms with E-state index in [2.05, 4.69) is 5.32 Å². The average Bonchev–Trinajstić information content (AvgIpc) is 3.02. The summed E-state index contributed by atoms with van der Waals surface area (Å²) in [5.41, 5.74) is 6.17. The van der Waals surface area contributed by atoms with Crippen molar-refractivity contribution in [2.45, 2.75) is 51.0 Å². The number of nitrogens with two attached hydrogens (primary N) is 1. The van der Waals surface area contributed by atoms with Crippen molar-refractivity contribution in [3.63, 3.8) is 0 Å². The molecule has 0 atom stereocenters. The van der Waals surface area contributed by atoms with Gasteiger partial charge in [-0.3, -0.25) is 9.59 Å². The normalized spacial score (nSPS) is 16.1. The molecule has 5 heteroatoms. The maximum atomic E-state index is 12.2. The molecule has 0 unspecified atom stereocenters. The van der Waals surface area contributed by atoms with E-state index >= 15 is 0 Å². The van der Waals surface area contributed by atoms with Crippen LogP contribution in [0.3, 0.4) is 0 Å². The Morgan fingerprint density at radius 3 is 2.39 bits per heavy atom. The quantitative estimate of drug-likeness (QED) is 0.721. The highest BCUT2D eigenvalue weighted by atomic mass is 16.5. The highest BCUT2D eigenvalue weighted by Crippen LogP contribution is 2.28. The van der Waals surface area contributed by atoms with Crippen LogP contribution in [-0.4, -0.2) is 30.4 Å². The predicted molar refractivity (Wildman–Crippen MR) is 89.6 cm³/mol. The Morgan fingerprint density at radius 1 is 1.17 bits per heavy atom. The van der Waals surface area contributed by atoms with Gasteiger partial charge < -0.3 is 15.8 Å². The highest BCUT2D eigenvalue weighted by molar-refractivity contribution is 5.98. The van der Waals surface area contributed by atoms with Gasteiger partial charge in [0.2, 0.25) is 5.91 Å². The van der Waals surface area contributed by atoms with Crippen LogP contribution < -0.4 is 15.8 Å². The van der Waals surface area contributed by atoms with Gasteiger partial charge in [-0.2, -0.15) is 0 Å². The van der Waals surface area contributed by atoms with Gasteiger partial charge in [-0.1, -0.05) is 12.8 Å². The zero-order valence-electron chi connectivity index (χ0n) is 13.8. The number of benzene rings is 1. The molecule has 126 valence electrons. The third kappa shape index (κ3) is 4.79. The van der Waals surface area contributed by atoms with Crippen molar-refractivity contribution in [2.75, 3.05) is 13.2 Å². The van der Waals surface area contributed by atoms with Gasteiger partial charge in [0.25, 0.3) is 0 Å². The molecule has 1 aliphatic carbocycles. The number of carbonyl (C=O) groups excluding carboxylic acids is 2. The van der Waals surface area contributed by atoms with E-state index in [-0.39, 0.29) is 30.1 Å². The van der Waals surface area contributed by atoms with E-state index in [1.54, 1.807) is 24.3 Å². The van der Waals surface area contributed by atoms with Gasteiger partial charge in [-0.25, -0.2) is 0 Å². The van der Waals surface area contributed by atoms with Gasteiger partial charge in [-0.15, -0.1) is 0 Å². The van der Waals surface area contributed by atoms with Crippen LogP contribution >= 0.6 is 0 Å². The van der Waals surface area contributed by atoms with Crippen LogP contribution in [0.1, 0.15) is 55.8 Å². The van der Waals surface area contributed by atoms with Crippen molar-refractivity contribution < 1.29 is 14.3 Å². The number of nitrogens with one attached hydrogen (secondary N) is 1. The third-order valence-corrected chi connectivity index (χ3v) is 4.42. The minimum absolute atomic E-state index is 0.0311. The fourth-order valence-electron chi connectivity index (χ4n) is 3.07. The molecule has 1 fully saturated rings. The number of hydrogen-bond donors (Lipinski definition) is 2. The molecule has 1 aromatic rings. The molecule has 1 amide bonds. The maximum Gasteiger partial charge on any atom is 0.220 e. The fourth-order valence-corrected chi connectivity index (χ4v) is 3.07. The molecule has 2 rings (SSSR count). The van der Waals surface area contributed by atoms with Crippen molar-refractivity contribution in [2.24, 2.45) is 5.73 Å². The summed E-state index contributed by atoms with van der Waals surface area (Å²) in [6, 6.07) is 7.03. The minimum Gasteiger partial charge on any atom is -0.494 e. The third-order valence-electron chi connectivity index (χ3n) is 4.42. The van der Waals surface area contributed by atoms with Crippen LogP contribution in [0, 0.1) is 0 Å². The van der Waals surface area contributed by atoms with Crippen LogP contribution in [0.15, 0.2) is 24.3 Å². The van der Waals surface area contributed by atoms with Crippen molar-refractivity contribution in [3.8, 4) is 5.75 Å². The van der Waals surface area contributed by atoms with Gasteiger partial charge in [0, 0.05) is 24.9 Å². The zero-order chi connectivity index (χ0) is 16.7. The first-order valence-corrected chi connectivity index (χ1v) is 8.36. The molecule has 1 aliphatic rings. The Labute approximate surface area is 137 Å². The summed E-state index contributed by atoms with van der Waals surface area (Å²) in [6.07, 6.45) is 4.48. The smallest absolute Gasteiger partial charge is 0.220 e. The maximum absolute atomic E-state index is 12.2. The number of hydrogen-bond acceptors (Lipinski definition) is 4. The van der Waals surface area contributed by atoms with Gasteiger partial charge in [0.05, 0.1) is 12.1 Å². The van der Waals surface area contributed by atoms with E-state index in [1.807, 2.05) is 6.92 Å². The van der Waals surface area contributed by atoms with Crippen molar-refractivity contribution in [3.05, 3.63) is 29.8 Å². The molecule has 0 aliphatic heterocycles. The van der Waals surface area contributed by atoms with Gasteiger partial charge >= 0.3 is 0 Å². The summed E-state index contributed by atoms with van der Waals surface area (Å²) in [5.74, 6) is 0.626. The second-order valence-corrected chi connectivity index (χ2v) is 6.12. The Hall–Kier alpha value is -1.88. The Kier molecular flexibility index (Phi) is 6.16. The van der Waals surface area contributed by atoms with Crippen molar-refractivity contribution in [1.82, 2.24) is 5.32 Å². The van der Waals surface area contributed by atoms with Crippen LogP contribution in [0.4, 0.5) is 0 Å². The van der Waals surface area contributed by atoms with Crippen molar-refractivity contribution >= 4 is 11.7 Å². The lowest BCUT2D eigenvalue weighted by Crippen LogP contribution is -2.51. The summed E-state index contributed by atoms with van der Waals surface area (Å²) in [4.78, 5) is 24.3. The molecule has 5 nitrogen and oxygen atoms in total. The van der Waals surface area contributed by atoms with Crippen LogP contribution in [0.5, 0.6) is 5.75 Å². The van der Waals surface area contributed by atoms with Gasteiger partial charge in [0.15, 0.2) is 5.78 Å². The number of carbonyl (C=O) groups is 2. The second-order valence-electron chi connectivity index (χ2n) is 6.12. The summed E-state index contributed by atoms with van der Waals surface area (Å²) in [7, 11) is 0. The summed E-state index contributed by atoms with van der Waals surface area (Å²) in [5, 5.41) is 3.04. The lowest BCUT2D eigenvalue weighted by molar-refractivity contribution is -0.122. The predicted octanol–water partition coefficient (Wildman–Crippen LogP) is 2.44. The number of Topliss-reactive ketones (excluding diaryl/α,β-unsaturated/α-hetero) is 1. The first kappa shape index (κ1) is 17.5. The molecule has 0 heterocycles. The van der Waals surface area contributed by atoms with Crippen LogP contribution in [0.25, 0.3) is 0 Å². The number of rotatable bonds is 8. The molecular formula is C18H26N2O3. The number of ketones is 1. The van der Waals surface area contributed by atoms with Crippen LogP contribution in [0.2, 0.25) is 0 Å². The molecule has 0 saturated heterocycles. The number of ether oxygens (including phenoxy) is 1. The Bertz CT molecular complexity index is 534. The Balaban J connectivity index is 1.82. The average molecular weight is 318 g/mol. The molecule has 0 spiro atoms. The van der Waals surface area contributed by atoms with E-state index in [0.717, 1.165) is 31.4 Å². The van der Waals surface area contributed by atoms with Crippen molar-refractivity contribution in [1.29, 1.82) is 0 Å². The lowest BCUT2D eigenvalue weighted by atomic mass is 9.97. The van der Waals surface area contributed by atoms with Crippen LogP contribution in [-0.2, 0) is 4.79 Å². The summed E-state index contributed by atoms with van der Waals surface area (Å²) >= 11 is 0. The summed E-state index contributed by atoms with van der Waals surface area (Å²) < 4.78 is 5.35. The van der Waals surface area contributed by atoms with E-state index in [0.29, 0.717) is 18.7 Å². The standard InChI is InChI=1S/C18H26N2O3/c1-2-23-15-7-5-14(6-8-15)16(21)9-10-17(22)20-18(13-19)11-3-4-12-18/h5-8H,2-4,9-13,19H2,1H3,(H,20,22). The molecule has 1 aromatic carbocycles. The molecule has 0 bridgehead atoms. The molecule has 3 N–H and O–H groups in total. The molecule has 1 saturated carbocycles. The van der Waals surface area contributed by atoms with Gasteiger partial charge in [-0.05, 0) is 44.0 Å². The topological polar surface area (TPSA) is 81.4 Å². The lowest BCUT2D eigenvalue weighted by Gasteiger charge is -2.28. The second kappa shape index (κ2) is 8.11. The molecule has 0 radical (unpaired) electrons. The van der Waals surface area contributed by atoms with E-state index < -0.39 is 0 Å². The monoisotopic (exact) mass is 318 g/mol. The minimum atomic E-state index is -0.251. The van der Waals surface area contributed by atoms with E-state index in [1.165, 1.54) is 0 Å². The molecule has 23 heavy (non-hydrogen) atoms. The first-order chi connectivity index (χ1) is 11.1.